The van der Waals surface area contributed by atoms with Crippen molar-refractivity contribution < 1.29 is 4.79 Å². The maximum atomic E-state index is 11.2. The first-order valence-electron chi connectivity index (χ1n) is 6.10. The smallest absolute Gasteiger partial charge is 0.237 e. The van der Waals surface area contributed by atoms with Gasteiger partial charge in [0.05, 0.1) is 12.7 Å². The minimum atomic E-state index is -0.408. The number of hydrogen-bond donors (Lipinski definition) is 2. The normalized spacial score (nSPS) is 11.1. The van der Waals surface area contributed by atoms with E-state index in [9.17, 15) is 4.79 Å². The molecular weight excluding hydrogens is 244 g/mol. The van der Waals surface area contributed by atoms with Crippen molar-refractivity contribution in [3.05, 3.63) is 18.6 Å². The Morgan fingerprint density at radius 1 is 1.53 bits per heavy atom. The van der Waals surface area contributed by atoms with Crippen molar-refractivity contribution in [3.63, 3.8) is 0 Å². The summed E-state index contributed by atoms with van der Waals surface area (Å²) in [5.74, 6) is 0.906. The Kier molecular flexibility index (Phi) is 3.55. The third kappa shape index (κ3) is 2.93. The number of carbonyl (C=O) groups is 1. The van der Waals surface area contributed by atoms with Crippen LogP contribution in [0.2, 0.25) is 0 Å². The van der Waals surface area contributed by atoms with Crippen LogP contribution in [-0.2, 0) is 4.79 Å². The topological polar surface area (TPSA) is 103 Å². The van der Waals surface area contributed by atoms with E-state index in [2.05, 4.69) is 23.8 Å². The molecule has 2 aromatic rings. The molecular formula is C12H18N6O. The number of nitrogens with two attached hydrogens (primary N) is 2. The molecule has 0 aliphatic carbocycles. The highest BCUT2D eigenvalue weighted by molar-refractivity contribution is 5.81. The molecule has 0 bridgehead atoms. The number of fused-ring (bicyclic) bond motifs is 1. The minimum Gasteiger partial charge on any atom is -0.382 e. The molecule has 4 N–H and O–H groups in total. The fourth-order valence-corrected chi connectivity index (χ4v) is 2.00. The lowest BCUT2D eigenvalue weighted by Gasteiger charge is -2.24. The van der Waals surface area contributed by atoms with E-state index in [1.165, 1.54) is 0 Å². The Labute approximate surface area is 111 Å². The Morgan fingerprint density at radius 2 is 2.26 bits per heavy atom. The Hall–Kier alpha value is -2.31. The zero-order chi connectivity index (χ0) is 14.0. The summed E-state index contributed by atoms with van der Waals surface area (Å²) in [6, 6.07) is 0. The first-order valence-corrected chi connectivity index (χ1v) is 6.10. The number of hydrogen-bond acceptors (Lipinski definition) is 5. The number of amides is 1. The second-order valence-electron chi connectivity index (χ2n) is 4.89. The number of nitrogens with zero attached hydrogens (tertiary/aromatic N) is 4. The SMILES string of the molecule is CC(C)CN(CC(N)=O)c1nc(N)cn2ccnc12. The first-order chi connectivity index (χ1) is 8.97. The quantitative estimate of drug-likeness (QED) is 0.804. The lowest BCUT2D eigenvalue weighted by Crippen LogP contribution is -2.37. The first kappa shape index (κ1) is 13.1. The summed E-state index contributed by atoms with van der Waals surface area (Å²) in [7, 11) is 0. The average molecular weight is 262 g/mol. The highest BCUT2D eigenvalue weighted by atomic mass is 16.1. The summed E-state index contributed by atoms with van der Waals surface area (Å²) in [6.07, 6.45) is 5.14. The molecule has 2 heterocycles. The van der Waals surface area contributed by atoms with E-state index in [1.807, 2.05) is 4.90 Å². The molecule has 0 aliphatic heterocycles. The molecule has 19 heavy (non-hydrogen) atoms. The van der Waals surface area contributed by atoms with Gasteiger partial charge in [0, 0.05) is 18.9 Å². The molecule has 7 heteroatoms. The van der Waals surface area contributed by atoms with Gasteiger partial charge in [-0.2, -0.15) is 0 Å². The molecule has 1 amide bonds. The Balaban J connectivity index is 2.47. The molecule has 0 saturated carbocycles. The van der Waals surface area contributed by atoms with Gasteiger partial charge < -0.3 is 20.8 Å². The second-order valence-corrected chi connectivity index (χ2v) is 4.89. The maximum Gasteiger partial charge on any atom is 0.237 e. The number of primary amides is 1. The number of nitrogen functional groups attached to an aromatic ring is 1. The minimum absolute atomic E-state index is 0.0944. The Bertz CT molecular complexity index is 591. The lowest BCUT2D eigenvalue weighted by atomic mass is 10.2. The van der Waals surface area contributed by atoms with Crippen LogP contribution in [0.25, 0.3) is 5.65 Å². The standard InChI is InChI=1S/C12H18N6O/c1-8(2)5-18(7-10(14)19)12-11-15-3-4-17(11)6-9(13)16-12/h3-4,6,8H,5,7,13H2,1-2H3,(H2,14,19). The summed E-state index contributed by atoms with van der Waals surface area (Å²) < 4.78 is 1.78. The van der Waals surface area contributed by atoms with Crippen LogP contribution in [0.5, 0.6) is 0 Å². The van der Waals surface area contributed by atoms with Gasteiger partial charge in [0.1, 0.15) is 5.82 Å². The van der Waals surface area contributed by atoms with Gasteiger partial charge in [0.25, 0.3) is 0 Å². The van der Waals surface area contributed by atoms with Crippen LogP contribution in [0.4, 0.5) is 11.6 Å². The van der Waals surface area contributed by atoms with Crippen molar-refractivity contribution in [2.45, 2.75) is 13.8 Å². The summed E-state index contributed by atoms with van der Waals surface area (Å²) >= 11 is 0. The van der Waals surface area contributed by atoms with E-state index in [4.69, 9.17) is 11.5 Å². The fraction of sp³-hybridized carbons (Fsp3) is 0.417. The van der Waals surface area contributed by atoms with Gasteiger partial charge in [-0.25, -0.2) is 9.97 Å². The van der Waals surface area contributed by atoms with Crippen LogP contribution in [0, 0.1) is 5.92 Å². The van der Waals surface area contributed by atoms with Crippen LogP contribution in [0.15, 0.2) is 18.6 Å². The second kappa shape index (κ2) is 5.13. The summed E-state index contributed by atoms with van der Waals surface area (Å²) in [5.41, 5.74) is 11.7. The van der Waals surface area contributed by atoms with Crippen molar-refractivity contribution >= 4 is 23.2 Å². The van der Waals surface area contributed by atoms with E-state index in [0.29, 0.717) is 29.7 Å². The van der Waals surface area contributed by atoms with Crippen LogP contribution >= 0.6 is 0 Å². The number of anilines is 2. The van der Waals surface area contributed by atoms with Crippen molar-refractivity contribution in [3.8, 4) is 0 Å². The van der Waals surface area contributed by atoms with Crippen LogP contribution in [0.1, 0.15) is 13.8 Å². The molecule has 0 unspecified atom stereocenters. The van der Waals surface area contributed by atoms with Crippen LogP contribution < -0.4 is 16.4 Å². The molecule has 0 aromatic carbocycles. The van der Waals surface area contributed by atoms with Crippen LogP contribution in [0.3, 0.4) is 0 Å². The predicted octanol–water partition coefficient (Wildman–Crippen LogP) is 0.259. The summed E-state index contributed by atoms with van der Waals surface area (Å²) in [6.45, 7) is 4.87. The van der Waals surface area contributed by atoms with Gasteiger partial charge in [0.2, 0.25) is 5.91 Å². The van der Waals surface area contributed by atoms with Crippen LogP contribution in [-0.4, -0.2) is 33.4 Å². The van der Waals surface area contributed by atoms with Gasteiger partial charge >= 0.3 is 0 Å². The molecule has 0 fully saturated rings. The monoisotopic (exact) mass is 262 g/mol. The highest BCUT2D eigenvalue weighted by Crippen LogP contribution is 2.20. The molecule has 0 radical (unpaired) electrons. The molecule has 0 atom stereocenters. The zero-order valence-corrected chi connectivity index (χ0v) is 11.1. The van der Waals surface area contributed by atoms with E-state index in [0.717, 1.165) is 0 Å². The predicted molar refractivity (Wildman–Crippen MR) is 73.6 cm³/mol. The van der Waals surface area contributed by atoms with Crippen molar-refractivity contribution in [2.24, 2.45) is 11.7 Å². The maximum absolute atomic E-state index is 11.2. The van der Waals surface area contributed by atoms with Gasteiger partial charge in [-0.1, -0.05) is 13.8 Å². The van der Waals surface area contributed by atoms with Crippen molar-refractivity contribution in [1.29, 1.82) is 0 Å². The van der Waals surface area contributed by atoms with Gasteiger partial charge in [-0.3, -0.25) is 4.79 Å². The summed E-state index contributed by atoms with van der Waals surface area (Å²) in [4.78, 5) is 21.6. The van der Waals surface area contributed by atoms with Crippen molar-refractivity contribution in [1.82, 2.24) is 14.4 Å². The van der Waals surface area contributed by atoms with E-state index >= 15 is 0 Å². The third-order valence-corrected chi connectivity index (χ3v) is 2.61. The molecule has 102 valence electrons. The molecule has 0 aliphatic rings. The van der Waals surface area contributed by atoms with E-state index in [1.54, 1.807) is 23.0 Å². The van der Waals surface area contributed by atoms with Gasteiger partial charge in [-0.15, -0.1) is 0 Å². The van der Waals surface area contributed by atoms with E-state index < -0.39 is 5.91 Å². The summed E-state index contributed by atoms with van der Waals surface area (Å²) in [5, 5.41) is 0. The number of imidazole rings is 1. The number of rotatable bonds is 5. The average Bonchev–Trinajstić information content (AvgIpc) is 2.73. The number of aromatic nitrogens is 3. The largest absolute Gasteiger partial charge is 0.382 e. The zero-order valence-electron chi connectivity index (χ0n) is 11.1. The lowest BCUT2D eigenvalue weighted by molar-refractivity contribution is -0.116. The van der Waals surface area contributed by atoms with Gasteiger partial charge in [-0.05, 0) is 5.92 Å². The Morgan fingerprint density at radius 3 is 2.89 bits per heavy atom. The number of carbonyl (C=O) groups excluding carboxylic acids is 1. The highest BCUT2D eigenvalue weighted by Gasteiger charge is 2.17. The molecule has 0 saturated heterocycles. The molecule has 7 nitrogen and oxygen atoms in total. The van der Waals surface area contributed by atoms with E-state index in [-0.39, 0.29) is 6.54 Å². The van der Waals surface area contributed by atoms with Gasteiger partial charge in [0.15, 0.2) is 11.5 Å². The fourth-order valence-electron chi connectivity index (χ4n) is 2.00. The molecule has 2 rings (SSSR count). The molecule has 0 spiro atoms. The molecule has 2 aromatic heterocycles. The van der Waals surface area contributed by atoms with Crippen molar-refractivity contribution in [2.75, 3.05) is 23.7 Å². The third-order valence-electron chi connectivity index (χ3n) is 2.61.